The Balaban J connectivity index is 1.43. The number of rotatable bonds is 1. The summed E-state index contributed by atoms with van der Waals surface area (Å²) in [6, 6.07) is 19.9. The van der Waals surface area contributed by atoms with Gasteiger partial charge in [-0.15, -0.1) is 0 Å². The van der Waals surface area contributed by atoms with Gasteiger partial charge >= 0.3 is 0 Å². The number of oxime groups is 2. The highest BCUT2D eigenvalue weighted by molar-refractivity contribution is 7.91. The molecule has 34 heavy (non-hydrogen) atoms. The van der Waals surface area contributed by atoms with Crippen molar-refractivity contribution in [2.45, 2.75) is 41.2 Å². The minimum Gasteiger partial charge on any atom is -0.410 e. The van der Waals surface area contributed by atoms with Crippen LogP contribution in [0.2, 0.25) is 0 Å². The van der Waals surface area contributed by atoms with Gasteiger partial charge in [0.15, 0.2) is 0 Å². The first-order valence-corrected chi connectivity index (χ1v) is 12.5. The summed E-state index contributed by atoms with van der Waals surface area (Å²) in [4.78, 5) is 8.52. The molecule has 0 aliphatic carbocycles. The number of anilines is 1. The molecule has 6 rings (SSSR count). The molecule has 0 saturated heterocycles. The monoisotopic (exact) mass is 473 g/mol. The topological polar surface area (TPSA) is 91.6 Å². The molecule has 7 nitrogen and oxygen atoms in total. The third-order valence-corrected chi connectivity index (χ3v) is 9.41. The van der Waals surface area contributed by atoms with Crippen molar-refractivity contribution in [1.29, 1.82) is 0 Å². The van der Waals surface area contributed by atoms with Crippen LogP contribution in [0.15, 0.2) is 86.8 Å². The lowest BCUT2D eigenvalue weighted by Gasteiger charge is -2.40. The molecule has 0 amide bonds. The predicted octanol–water partition coefficient (Wildman–Crippen LogP) is 4.31. The van der Waals surface area contributed by atoms with Gasteiger partial charge in [-0.3, -0.25) is 0 Å². The van der Waals surface area contributed by atoms with E-state index >= 15 is 0 Å². The van der Waals surface area contributed by atoms with E-state index in [0.717, 1.165) is 5.69 Å². The smallest absolute Gasteiger partial charge is 0.224 e. The van der Waals surface area contributed by atoms with Crippen LogP contribution in [0, 0.1) is 0 Å². The van der Waals surface area contributed by atoms with Crippen LogP contribution in [0.1, 0.15) is 42.5 Å². The molecule has 1 N–H and O–H groups in total. The Hall–Kier alpha value is -3.65. The molecule has 3 aliphatic heterocycles. The van der Waals surface area contributed by atoms with Gasteiger partial charge in [0.2, 0.25) is 15.6 Å². The molecule has 1 unspecified atom stereocenters. The molecule has 3 aromatic rings. The van der Waals surface area contributed by atoms with Crippen molar-refractivity contribution in [2.75, 3.05) is 11.9 Å². The van der Waals surface area contributed by atoms with Crippen molar-refractivity contribution in [2.24, 2.45) is 10.3 Å². The zero-order valence-electron chi connectivity index (χ0n) is 19.0. The van der Waals surface area contributed by atoms with Crippen LogP contribution in [-0.2, 0) is 20.1 Å². The highest BCUT2D eigenvalue weighted by atomic mass is 32.2. The zero-order valence-corrected chi connectivity index (χ0v) is 19.8. The summed E-state index contributed by atoms with van der Waals surface area (Å²) >= 11 is 0. The zero-order chi connectivity index (χ0) is 23.9. The Labute approximate surface area is 197 Å². The molecule has 0 radical (unpaired) electrons. The molecule has 172 valence electrons. The van der Waals surface area contributed by atoms with E-state index in [4.69, 9.17) is 4.84 Å². The Kier molecular flexibility index (Phi) is 4.12. The minimum absolute atomic E-state index is 0.0995. The van der Waals surface area contributed by atoms with Gasteiger partial charge in [0.25, 0.3) is 0 Å². The normalized spacial score (nSPS) is 24.4. The van der Waals surface area contributed by atoms with Crippen LogP contribution in [-0.4, -0.2) is 37.8 Å². The Morgan fingerprint density at radius 3 is 2.47 bits per heavy atom. The highest BCUT2D eigenvalue weighted by Gasteiger charge is 2.61. The number of hydrogen-bond acceptors (Lipinski definition) is 7. The number of fused-ring (bicyclic) bond motifs is 3. The van der Waals surface area contributed by atoms with Gasteiger partial charge in [-0.1, -0.05) is 58.8 Å². The second kappa shape index (κ2) is 6.70. The average molecular weight is 474 g/mol. The minimum atomic E-state index is -3.80. The lowest BCUT2D eigenvalue weighted by Crippen LogP contribution is -2.54. The van der Waals surface area contributed by atoms with Gasteiger partial charge in [-0.2, -0.15) is 0 Å². The Bertz CT molecular complexity index is 1540. The largest absolute Gasteiger partial charge is 0.410 e. The van der Waals surface area contributed by atoms with E-state index in [1.807, 2.05) is 25.2 Å². The van der Waals surface area contributed by atoms with Gasteiger partial charge in [-0.05, 0) is 37.6 Å². The fourth-order valence-corrected chi connectivity index (χ4v) is 7.28. The van der Waals surface area contributed by atoms with Crippen molar-refractivity contribution in [1.82, 2.24) is 0 Å². The predicted molar refractivity (Wildman–Crippen MR) is 129 cm³/mol. The van der Waals surface area contributed by atoms with Gasteiger partial charge in [0, 0.05) is 29.4 Å². The molecule has 1 atom stereocenters. The second-order valence-corrected chi connectivity index (χ2v) is 11.3. The van der Waals surface area contributed by atoms with E-state index in [2.05, 4.69) is 41.2 Å². The number of para-hydroxylation sites is 1. The molecular weight excluding hydrogens is 450 g/mol. The van der Waals surface area contributed by atoms with Gasteiger partial charge < -0.3 is 14.9 Å². The van der Waals surface area contributed by atoms with Crippen LogP contribution < -0.4 is 4.90 Å². The van der Waals surface area contributed by atoms with E-state index < -0.39 is 15.6 Å². The summed E-state index contributed by atoms with van der Waals surface area (Å²) in [5.74, 6) is 0. The van der Waals surface area contributed by atoms with Crippen LogP contribution in [0.5, 0.6) is 0 Å². The van der Waals surface area contributed by atoms with E-state index in [1.54, 1.807) is 30.3 Å². The molecule has 0 fully saturated rings. The number of hydrogen-bond donors (Lipinski definition) is 1. The maximum absolute atomic E-state index is 13.5. The summed E-state index contributed by atoms with van der Waals surface area (Å²) in [5, 5.41) is 17.6. The number of nitrogens with zero attached hydrogens (tertiary/aromatic N) is 3. The summed E-state index contributed by atoms with van der Waals surface area (Å²) < 4.78 is 26.9. The van der Waals surface area contributed by atoms with E-state index in [-0.39, 0.29) is 20.9 Å². The Morgan fingerprint density at radius 1 is 1.00 bits per heavy atom. The first-order chi connectivity index (χ1) is 16.2. The number of sulfone groups is 1. The summed E-state index contributed by atoms with van der Waals surface area (Å²) in [6.45, 7) is 4.29. The van der Waals surface area contributed by atoms with Gasteiger partial charge in [0.05, 0.1) is 27.3 Å². The van der Waals surface area contributed by atoms with Crippen molar-refractivity contribution in [3.8, 4) is 0 Å². The lowest BCUT2D eigenvalue weighted by molar-refractivity contribution is -0.0591. The maximum atomic E-state index is 13.5. The fraction of sp³-hybridized carbons (Fsp3) is 0.231. The summed E-state index contributed by atoms with van der Waals surface area (Å²) in [5.41, 5.74) is 3.54. The van der Waals surface area contributed by atoms with Gasteiger partial charge in [0.1, 0.15) is 5.71 Å². The summed E-state index contributed by atoms with van der Waals surface area (Å²) in [7, 11) is -1.80. The average Bonchev–Trinajstić information content (AvgIpc) is 3.37. The van der Waals surface area contributed by atoms with Gasteiger partial charge in [-0.25, -0.2) is 8.42 Å². The number of benzene rings is 3. The van der Waals surface area contributed by atoms with Crippen molar-refractivity contribution >= 4 is 26.9 Å². The fourth-order valence-electron chi connectivity index (χ4n) is 5.60. The third kappa shape index (κ3) is 2.43. The standard InChI is InChI=1S/C26H23N3O4S/c1-25(2)19-9-5-6-10-21(19)29(3)26(25)15-20(28-33-26)16-12-13-18-23(14-16)34(31,32)22-11-7-4-8-17(22)24(18)27-30/h4-14,30H,15H2,1-3H3. The SMILES string of the molecule is CN1c2ccccc2C(C)(C)C12CC(c1ccc3c(c1)S(=O)(=O)c1ccccc1C3=NO)=NO2. The molecule has 3 aromatic carbocycles. The van der Waals surface area contributed by atoms with E-state index in [0.29, 0.717) is 28.8 Å². The lowest BCUT2D eigenvalue weighted by atomic mass is 9.75. The van der Waals surface area contributed by atoms with Crippen LogP contribution >= 0.6 is 0 Å². The first kappa shape index (κ1) is 20.9. The van der Waals surface area contributed by atoms with E-state index in [1.165, 1.54) is 11.6 Å². The molecule has 0 bridgehead atoms. The second-order valence-electron chi connectivity index (χ2n) is 9.45. The van der Waals surface area contributed by atoms with Crippen LogP contribution in [0.3, 0.4) is 0 Å². The molecule has 8 heteroatoms. The van der Waals surface area contributed by atoms with Crippen molar-refractivity contribution in [3.63, 3.8) is 0 Å². The van der Waals surface area contributed by atoms with Crippen LogP contribution in [0.4, 0.5) is 5.69 Å². The molecule has 3 heterocycles. The van der Waals surface area contributed by atoms with Crippen molar-refractivity contribution < 1.29 is 18.5 Å². The third-order valence-electron chi connectivity index (χ3n) is 7.56. The first-order valence-electron chi connectivity index (χ1n) is 11.0. The molecule has 1 spiro atoms. The maximum Gasteiger partial charge on any atom is 0.224 e. The molecule has 0 saturated carbocycles. The molecular formula is C26H23N3O4S. The van der Waals surface area contributed by atoms with Crippen LogP contribution in [0.25, 0.3) is 0 Å². The Morgan fingerprint density at radius 2 is 1.71 bits per heavy atom. The van der Waals surface area contributed by atoms with Crippen molar-refractivity contribution in [3.05, 3.63) is 89.0 Å². The summed E-state index contributed by atoms with van der Waals surface area (Å²) in [6.07, 6.45) is 0.488. The quantitative estimate of drug-likeness (QED) is 0.329. The van der Waals surface area contributed by atoms with E-state index in [9.17, 15) is 13.6 Å². The number of likely N-dealkylation sites (N-methyl/N-ethyl adjacent to an activating group) is 1. The molecule has 0 aromatic heterocycles. The molecule has 3 aliphatic rings. The highest BCUT2D eigenvalue weighted by Crippen LogP contribution is 2.55.